The lowest BCUT2D eigenvalue weighted by Crippen LogP contribution is -2.38. The Labute approximate surface area is 125 Å². The monoisotopic (exact) mass is 295 g/mol. The lowest BCUT2D eigenvalue weighted by molar-refractivity contribution is -0.122. The summed E-state index contributed by atoms with van der Waals surface area (Å²) in [4.78, 5) is 13.8. The molecule has 21 heavy (non-hydrogen) atoms. The second kappa shape index (κ2) is 7.56. The predicted molar refractivity (Wildman–Crippen MR) is 78.9 cm³/mol. The summed E-state index contributed by atoms with van der Waals surface area (Å²) >= 11 is 0. The molecule has 2 rings (SSSR count). The highest BCUT2D eigenvalue weighted by atomic mass is 16.5. The summed E-state index contributed by atoms with van der Waals surface area (Å²) in [7, 11) is 1.89. The maximum absolute atomic E-state index is 11.9. The van der Waals surface area contributed by atoms with E-state index in [1.807, 2.05) is 18.0 Å². The molecule has 0 saturated carbocycles. The normalized spacial score (nSPS) is 18.6. The Morgan fingerprint density at radius 2 is 2.38 bits per heavy atom. The number of nitrogens with zero attached hydrogens (tertiary/aromatic N) is 2. The van der Waals surface area contributed by atoms with E-state index < -0.39 is 0 Å². The molecular weight excluding hydrogens is 270 g/mol. The number of carbonyl (C=O) groups excluding carboxylic acids is 1. The second-order valence-corrected chi connectivity index (χ2v) is 5.98. The highest BCUT2D eigenvalue weighted by molar-refractivity contribution is 5.77. The molecule has 0 bridgehead atoms. The fourth-order valence-corrected chi connectivity index (χ4v) is 2.33. The van der Waals surface area contributed by atoms with Gasteiger partial charge in [0.1, 0.15) is 0 Å². The summed E-state index contributed by atoms with van der Waals surface area (Å²) in [6.07, 6.45) is 2.30. The van der Waals surface area contributed by atoms with Crippen LogP contribution >= 0.6 is 0 Å². The van der Waals surface area contributed by atoms with Crippen LogP contribution in [0, 0.1) is 0 Å². The van der Waals surface area contributed by atoms with Crippen LogP contribution in [-0.4, -0.2) is 48.8 Å². The first-order valence-corrected chi connectivity index (χ1v) is 7.57. The van der Waals surface area contributed by atoms with Crippen molar-refractivity contribution in [1.29, 1.82) is 0 Å². The zero-order valence-electron chi connectivity index (χ0n) is 13.1. The molecule has 6 heteroatoms. The fraction of sp³-hybridized carbons (Fsp3) is 0.733. The number of nitrogens with one attached hydrogen (secondary N) is 1. The Balaban J connectivity index is 1.69. The number of ether oxygens (including phenoxy) is 1. The van der Waals surface area contributed by atoms with Gasteiger partial charge in [-0.05, 0) is 25.8 Å². The van der Waals surface area contributed by atoms with Crippen molar-refractivity contribution in [1.82, 2.24) is 15.4 Å². The van der Waals surface area contributed by atoms with E-state index in [4.69, 9.17) is 9.26 Å². The van der Waals surface area contributed by atoms with Gasteiger partial charge in [-0.1, -0.05) is 19.0 Å². The van der Waals surface area contributed by atoms with Crippen LogP contribution in [-0.2, 0) is 16.1 Å². The third-order valence-electron chi connectivity index (χ3n) is 3.56. The van der Waals surface area contributed by atoms with Crippen molar-refractivity contribution in [3.63, 3.8) is 0 Å². The van der Waals surface area contributed by atoms with E-state index in [1.54, 1.807) is 0 Å². The van der Waals surface area contributed by atoms with Gasteiger partial charge < -0.3 is 14.6 Å². The summed E-state index contributed by atoms with van der Waals surface area (Å²) in [5.74, 6) is 1.15. The first-order valence-electron chi connectivity index (χ1n) is 7.57. The standard InChI is InChI=1S/C15H25N3O3/c1-11(2)14-7-13(21-17-14)9-18(3)10-15(19)16-8-12-5-4-6-20-12/h7,11-12H,4-6,8-10H2,1-3H3,(H,16,19)/t12-/m0/s1. The van der Waals surface area contributed by atoms with E-state index in [0.717, 1.165) is 30.9 Å². The van der Waals surface area contributed by atoms with Crippen LogP contribution < -0.4 is 5.32 Å². The Morgan fingerprint density at radius 3 is 3.00 bits per heavy atom. The summed E-state index contributed by atoms with van der Waals surface area (Å²) in [6.45, 7) is 6.47. The van der Waals surface area contributed by atoms with Crippen LogP contribution in [0.25, 0.3) is 0 Å². The second-order valence-electron chi connectivity index (χ2n) is 5.98. The van der Waals surface area contributed by atoms with Crippen molar-refractivity contribution < 1.29 is 14.1 Å². The van der Waals surface area contributed by atoms with E-state index in [2.05, 4.69) is 24.3 Å². The minimum Gasteiger partial charge on any atom is -0.376 e. The van der Waals surface area contributed by atoms with Crippen LogP contribution in [0.5, 0.6) is 0 Å². The molecule has 2 heterocycles. The fourth-order valence-electron chi connectivity index (χ4n) is 2.33. The molecule has 0 aliphatic carbocycles. The van der Waals surface area contributed by atoms with Gasteiger partial charge in [-0.2, -0.15) is 0 Å². The molecule has 0 spiro atoms. The molecule has 0 aromatic carbocycles. The van der Waals surface area contributed by atoms with Gasteiger partial charge in [0.05, 0.1) is 24.9 Å². The Morgan fingerprint density at radius 1 is 1.57 bits per heavy atom. The van der Waals surface area contributed by atoms with Crippen LogP contribution in [0.2, 0.25) is 0 Å². The molecule has 1 aliphatic heterocycles. The topological polar surface area (TPSA) is 67.6 Å². The van der Waals surface area contributed by atoms with Crippen molar-refractivity contribution in [2.24, 2.45) is 0 Å². The molecule has 0 radical (unpaired) electrons. The van der Waals surface area contributed by atoms with Crippen molar-refractivity contribution in [3.8, 4) is 0 Å². The van der Waals surface area contributed by atoms with E-state index in [1.165, 1.54) is 0 Å². The third kappa shape index (κ3) is 5.13. The van der Waals surface area contributed by atoms with Crippen LogP contribution in [0.4, 0.5) is 0 Å². The lowest BCUT2D eigenvalue weighted by atomic mass is 10.1. The smallest absolute Gasteiger partial charge is 0.234 e. The maximum Gasteiger partial charge on any atom is 0.234 e. The predicted octanol–water partition coefficient (Wildman–Crippen LogP) is 1.52. The van der Waals surface area contributed by atoms with E-state index in [0.29, 0.717) is 25.6 Å². The number of hydrogen-bond donors (Lipinski definition) is 1. The number of aromatic nitrogens is 1. The number of likely N-dealkylation sites (N-methyl/N-ethyl adjacent to an activating group) is 1. The Kier molecular flexibility index (Phi) is 5.76. The Bertz CT molecular complexity index is 453. The number of rotatable bonds is 7. The van der Waals surface area contributed by atoms with Gasteiger partial charge in [-0.25, -0.2) is 0 Å². The van der Waals surface area contributed by atoms with Gasteiger partial charge in [0.2, 0.25) is 5.91 Å². The van der Waals surface area contributed by atoms with Gasteiger partial charge in [0.25, 0.3) is 0 Å². The van der Waals surface area contributed by atoms with Gasteiger partial charge in [-0.15, -0.1) is 0 Å². The van der Waals surface area contributed by atoms with Crippen LogP contribution in [0.1, 0.15) is 44.1 Å². The molecule has 1 amide bonds. The molecule has 1 saturated heterocycles. The summed E-state index contributed by atoms with van der Waals surface area (Å²) in [6, 6.07) is 1.95. The summed E-state index contributed by atoms with van der Waals surface area (Å²) in [5.41, 5.74) is 0.946. The minimum atomic E-state index is 0.0107. The number of carbonyl (C=O) groups is 1. The number of hydrogen-bond acceptors (Lipinski definition) is 5. The largest absolute Gasteiger partial charge is 0.376 e. The summed E-state index contributed by atoms with van der Waals surface area (Å²) in [5, 5.41) is 6.93. The van der Waals surface area contributed by atoms with Gasteiger partial charge >= 0.3 is 0 Å². The molecule has 6 nitrogen and oxygen atoms in total. The highest BCUT2D eigenvalue weighted by Gasteiger charge is 2.17. The molecule has 0 unspecified atom stereocenters. The van der Waals surface area contributed by atoms with Crippen LogP contribution in [0.15, 0.2) is 10.6 Å². The van der Waals surface area contributed by atoms with Gasteiger partial charge in [0.15, 0.2) is 5.76 Å². The first-order chi connectivity index (χ1) is 10.0. The molecule has 1 atom stereocenters. The number of amides is 1. The zero-order chi connectivity index (χ0) is 15.2. The first kappa shape index (κ1) is 16.0. The van der Waals surface area contributed by atoms with Gasteiger partial charge in [0, 0.05) is 19.2 Å². The molecule has 1 aromatic heterocycles. The average Bonchev–Trinajstić information content (AvgIpc) is 3.06. The van der Waals surface area contributed by atoms with Crippen molar-refractivity contribution in [2.45, 2.75) is 45.3 Å². The third-order valence-corrected chi connectivity index (χ3v) is 3.56. The SMILES string of the molecule is CC(C)c1cc(CN(C)CC(=O)NC[C@@H]2CCCO2)on1. The van der Waals surface area contributed by atoms with E-state index in [-0.39, 0.29) is 12.0 Å². The molecule has 118 valence electrons. The lowest BCUT2D eigenvalue weighted by Gasteiger charge is -2.16. The highest BCUT2D eigenvalue weighted by Crippen LogP contribution is 2.15. The van der Waals surface area contributed by atoms with Crippen molar-refractivity contribution in [2.75, 3.05) is 26.7 Å². The molecule has 1 aromatic rings. The minimum absolute atomic E-state index is 0.0107. The summed E-state index contributed by atoms with van der Waals surface area (Å²) < 4.78 is 10.8. The van der Waals surface area contributed by atoms with Crippen LogP contribution in [0.3, 0.4) is 0 Å². The van der Waals surface area contributed by atoms with E-state index in [9.17, 15) is 4.79 Å². The maximum atomic E-state index is 11.9. The molecule has 1 aliphatic rings. The average molecular weight is 295 g/mol. The van der Waals surface area contributed by atoms with Crippen molar-refractivity contribution >= 4 is 5.91 Å². The van der Waals surface area contributed by atoms with E-state index >= 15 is 0 Å². The molecule has 1 fully saturated rings. The Hall–Kier alpha value is -1.40. The molecular formula is C15H25N3O3. The van der Waals surface area contributed by atoms with Gasteiger partial charge in [-0.3, -0.25) is 9.69 Å². The van der Waals surface area contributed by atoms with Crippen molar-refractivity contribution in [3.05, 3.63) is 17.5 Å². The zero-order valence-corrected chi connectivity index (χ0v) is 13.1. The molecule has 1 N–H and O–H groups in total. The quantitative estimate of drug-likeness (QED) is 0.826.